The Morgan fingerprint density at radius 3 is 1.08 bits per heavy atom. The Bertz CT molecular complexity index is 2080. The second kappa shape index (κ2) is 20.1. The van der Waals surface area contributed by atoms with Gasteiger partial charge in [-0.2, -0.15) is 0 Å². The number of hydrogen-bond acceptors (Lipinski definition) is 0. The molecule has 0 atom stereocenters. The molecule has 0 aliphatic heterocycles. The summed E-state index contributed by atoms with van der Waals surface area (Å²) in [6, 6.07) is 65.4. The van der Waals surface area contributed by atoms with Gasteiger partial charge < -0.3 is 0 Å². The Hall–Kier alpha value is -5.72. The van der Waals surface area contributed by atoms with Crippen molar-refractivity contribution in [3.05, 3.63) is 227 Å². The van der Waals surface area contributed by atoms with E-state index in [1.54, 1.807) is 0 Å². The molecule has 0 N–H and O–H groups in total. The van der Waals surface area contributed by atoms with Crippen molar-refractivity contribution in [3.8, 4) is 11.1 Å². The normalized spacial score (nSPS) is 9.86. The monoisotopic (exact) mass is 664 g/mol. The van der Waals surface area contributed by atoms with Gasteiger partial charge in [0.1, 0.15) is 0 Å². The first-order valence-electron chi connectivity index (χ1n) is 17.8. The molecule has 0 saturated heterocycles. The lowest BCUT2D eigenvalue weighted by molar-refractivity contribution is 1.38. The van der Waals surface area contributed by atoms with Gasteiger partial charge >= 0.3 is 0 Å². The van der Waals surface area contributed by atoms with Gasteiger partial charge in [-0.3, -0.25) is 0 Å². The molecule has 0 nitrogen and oxygen atoms in total. The average Bonchev–Trinajstić information content (AvgIpc) is 3.15. The van der Waals surface area contributed by atoms with E-state index in [2.05, 4.69) is 200 Å². The lowest BCUT2D eigenvalue weighted by atomic mass is 9.97. The maximum atomic E-state index is 2.25. The molecule has 0 aromatic heterocycles. The summed E-state index contributed by atoms with van der Waals surface area (Å²) in [7, 11) is 0. The minimum Gasteiger partial charge on any atom is -0.0622 e. The van der Waals surface area contributed by atoms with Crippen LogP contribution in [0.3, 0.4) is 0 Å². The Morgan fingerprint density at radius 2 is 0.647 bits per heavy atom. The summed E-state index contributed by atoms with van der Waals surface area (Å²) in [5, 5.41) is 5.37. The molecule has 0 saturated carbocycles. The van der Waals surface area contributed by atoms with E-state index in [0.717, 1.165) is 0 Å². The summed E-state index contributed by atoms with van der Waals surface area (Å²) in [6.45, 7) is 14.9. The minimum absolute atomic E-state index is 1.31. The van der Waals surface area contributed by atoms with E-state index in [-0.39, 0.29) is 0 Å². The standard InChI is InChI=1S/C15H16.2C11H10.2C7H8/c1-11-5-4-6-14(9-11)15-10-12(2)7-8-13(15)3;2*1-9-5-4-7-10-6-2-3-8-11(9)10;2*1-7-5-3-2-4-6-7/h4-10H,1-3H3;2*2-8H,1H3;2*2-6H,1H3. The van der Waals surface area contributed by atoms with Crippen molar-refractivity contribution in [2.45, 2.75) is 48.5 Å². The molecule has 0 aliphatic rings. The predicted octanol–water partition coefficient (Wildman–Crippen LogP) is 14.6. The van der Waals surface area contributed by atoms with E-state index < -0.39 is 0 Å². The third-order valence-electron chi connectivity index (χ3n) is 8.62. The molecule has 8 aromatic rings. The van der Waals surface area contributed by atoms with Gasteiger partial charge in [0.2, 0.25) is 0 Å². The largest absolute Gasteiger partial charge is 0.0622 e. The van der Waals surface area contributed by atoms with Crippen molar-refractivity contribution in [1.82, 2.24) is 0 Å². The highest BCUT2D eigenvalue weighted by molar-refractivity contribution is 5.86. The molecular weight excluding hydrogens is 613 g/mol. The number of fused-ring (bicyclic) bond motifs is 2. The molecule has 0 heteroatoms. The molecule has 0 fully saturated rings. The highest BCUT2D eigenvalue weighted by Gasteiger charge is 2.02. The fraction of sp³-hybridized carbons (Fsp3) is 0.137. The molecule has 0 heterocycles. The number of benzene rings is 8. The zero-order chi connectivity index (χ0) is 36.4. The number of aryl methyl sites for hydroxylation is 7. The summed E-state index contributed by atoms with van der Waals surface area (Å²) in [5.41, 5.74) is 12.0. The van der Waals surface area contributed by atoms with Crippen molar-refractivity contribution >= 4 is 21.5 Å². The lowest BCUT2D eigenvalue weighted by Crippen LogP contribution is -1.85. The van der Waals surface area contributed by atoms with Crippen LogP contribution < -0.4 is 0 Å². The molecule has 0 bridgehead atoms. The van der Waals surface area contributed by atoms with E-state index in [4.69, 9.17) is 0 Å². The van der Waals surface area contributed by atoms with Crippen molar-refractivity contribution in [1.29, 1.82) is 0 Å². The zero-order valence-electron chi connectivity index (χ0n) is 31.4. The third kappa shape index (κ3) is 12.6. The SMILES string of the molecule is Cc1cccc(-c2cc(C)ccc2C)c1.Cc1cccc2ccccc12.Cc1cccc2ccccc12.Cc1ccccc1.Cc1ccccc1. The van der Waals surface area contributed by atoms with Gasteiger partial charge in [0.05, 0.1) is 0 Å². The van der Waals surface area contributed by atoms with E-state index in [1.807, 2.05) is 36.4 Å². The lowest BCUT2D eigenvalue weighted by Gasteiger charge is -2.08. The van der Waals surface area contributed by atoms with E-state index in [0.29, 0.717) is 0 Å². The van der Waals surface area contributed by atoms with Crippen LogP contribution in [0, 0.1) is 48.5 Å². The Labute approximate surface area is 307 Å². The van der Waals surface area contributed by atoms with Crippen molar-refractivity contribution in [2.24, 2.45) is 0 Å². The quantitative estimate of drug-likeness (QED) is 0.164. The second-order valence-electron chi connectivity index (χ2n) is 13.1. The molecular formula is C51H52. The van der Waals surface area contributed by atoms with Crippen LogP contribution >= 0.6 is 0 Å². The van der Waals surface area contributed by atoms with Gasteiger partial charge in [-0.1, -0.05) is 210 Å². The first-order chi connectivity index (χ1) is 24.7. The van der Waals surface area contributed by atoms with Crippen LogP contribution in [0.4, 0.5) is 0 Å². The van der Waals surface area contributed by atoms with Crippen LogP contribution in [0.25, 0.3) is 32.7 Å². The van der Waals surface area contributed by atoms with Crippen LogP contribution in [-0.4, -0.2) is 0 Å². The van der Waals surface area contributed by atoms with Crippen LogP contribution in [-0.2, 0) is 0 Å². The van der Waals surface area contributed by atoms with E-state index >= 15 is 0 Å². The maximum absolute atomic E-state index is 2.25. The van der Waals surface area contributed by atoms with Gasteiger partial charge in [0.25, 0.3) is 0 Å². The van der Waals surface area contributed by atoms with Gasteiger partial charge in [-0.05, 0) is 97.8 Å². The van der Waals surface area contributed by atoms with E-state index in [9.17, 15) is 0 Å². The molecule has 0 unspecified atom stereocenters. The van der Waals surface area contributed by atoms with Crippen molar-refractivity contribution < 1.29 is 0 Å². The molecule has 8 aromatic carbocycles. The van der Waals surface area contributed by atoms with E-state index in [1.165, 1.54) is 71.6 Å². The topological polar surface area (TPSA) is 0 Å². The molecule has 51 heavy (non-hydrogen) atoms. The Morgan fingerprint density at radius 1 is 0.255 bits per heavy atom. The van der Waals surface area contributed by atoms with Crippen LogP contribution in [0.2, 0.25) is 0 Å². The molecule has 256 valence electrons. The number of rotatable bonds is 1. The fourth-order valence-corrected chi connectivity index (χ4v) is 5.70. The van der Waals surface area contributed by atoms with Crippen LogP contribution in [0.15, 0.2) is 188 Å². The Kier molecular flexibility index (Phi) is 15.0. The first-order valence-corrected chi connectivity index (χ1v) is 17.8. The van der Waals surface area contributed by atoms with Gasteiger partial charge in [-0.25, -0.2) is 0 Å². The smallest absolute Gasteiger partial charge is 0.0152 e. The summed E-state index contributed by atoms with van der Waals surface area (Å²) < 4.78 is 0. The number of hydrogen-bond donors (Lipinski definition) is 0. The third-order valence-corrected chi connectivity index (χ3v) is 8.62. The van der Waals surface area contributed by atoms with Gasteiger partial charge in [0, 0.05) is 0 Å². The summed E-state index contributed by atoms with van der Waals surface area (Å²) in [4.78, 5) is 0. The average molecular weight is 665 g/mol. The summed E-state index contributed by atoms with van der Waals surface area (Å²) in [6.07, 6.45) is 0. The molecule has 0 radical (unpaired) electrons. The highest BCUT2D eigenvalue weighted by atomic mass is 14.1. The molecule has 8 rings (SSSR count). The molecule has 0 aliphatic carbocycles. The second-order valence-corrected chi connectivity index (χ2v) is 13.1. The molecule has 0 spiro atoms. The Balaban J connectivity index is 0.000000147. The van der Waals surface area contributed by atoms with Crippen molar-refractivity contribution in [2.75, 3.05) is 0 Å². The van der Waals surface area contributed by atoms with Crippen molar-refractivity contribution in [3.63, 3.8) is 0 Å². The van der Waals surface area contributed by atoms with Gasteiger partial charge in [-0.15, -0.1) is 0 Å². The van der Waals surface area contributed by atoms with Gasteiger partial charge in [0.15, 0.2) is 0 Å². The first kappa shape index (κ1) is 38.1. The zero-order valence-corrected chi connectivity index (χ0v) is 31.4. The molecule has 0 amide bonds. The van der Waals surface area contributed by atoms with Crippen LogP contribution in [0.5, 0.6) is 0 Å². The minimum atomic E-state index is 1.31. The summed E-state index contributed by atoms with van der Waals surface area (Å²) in [5.74, 6) is 0. The maximum Gasteiger partial charge on any atom is -0.0152 e. The highest BCUT2D eigenvalue weighted by Crippen LogP contribution is 2.25. The predicted molar refractivity (Wildman–Crippen MR) is 226 cm³/mol. The summed E-state index contributed by atoms with van der Waals surface area (Å²) >= 11 is 0. The van der Waals surface area contributed by atoms with Crippen LogP contribution in [0.1, 0.15) is 38.9 Å². The fourth-order valence-electron chi connectivity index (χ4n) is 5.70.